The second kappa shape index (κ2) is 6.03. The molecule has 0 unspecified atom stereocenters. The van der Waals surface area contributed by atoms with Crippen LogP contribution in [-0.4, -0.2) is 39.0 Å². The van der Waals surface area contributed by atoms with Crippen molar-refractivity contribution in [2.24, 2.45) is 0 Å². The molecule has 1 atom stereocenters. The van der Waals surface area contributed by atoms with Crippen molar-refractivity contribution in [2.75, 3.05) is 26.3 Å². The smallest absolute Gasteiger partial charge is 0.243 e. The molecular formula is C14H21NO3S. The average molecular weight is 283 g/mol. The molecule has 1 aliphatic heterocycles. The summed E-state index contributed by atoms with van der Waals surface area (Å²) in [6.45, 7) is 6.10. The number of morpholine rings is 1. The second-order valence-corrected chi connectivity index (χ2v) is 6.83. The molecule has 1 aliphatic rings. The Balaban J connectivity index is 2.21. The lowest BCUT2D eigenvalue weighted by atomic mass is 9.99. The molecule has 0 spiro atoms. The molecule has 5 heteroatoms. The largest absolute Gasteiger partial charge is 0.379 e. The number of ether oxygens (including phenoxy) is 1. The van der Waals surface area contributed by atoms with E-state index in [0.717, 1.165) is 6.42 Å². The molecule has 19 heavy (non-hydrogen) atoms. The molecule has 1 aromatic carbocycles. The van der Waals surface area contributed by atoms with E-state index in [1.165, 1.54) is 9.87 Å². The van der Waals surface area contributed by atoms with E-state index in [4.69, 9.17) is 4.74 Å². The Kier molecular flexibility index (Phi) is 4.60. The molecule has 0 N–H and O–H groups in total. The van der Waals surface area contributed by atoms with Gasteiger partial charge in [0.15, 0.2) is 0 Å². The molecule has 4 nitrogen and oxygen atoms in total. The third-order valence-electron chi connectivity index (χ3n) is 3.67. The third kappa shape index (κ3) is 3.16. The van der Waals surface area contributed by atoms with Crippen molar-refractivity contribution in [3.05, 3.63) is 29.8 Å². The van der Waals surface area contributed by atoms with Gasteiger partial charge in [0.25, 0.3) is 0 Å². The molecule has 0 aliphatic carbocycles. The van der Waals surface area contributed by atoms with Crippen molar-refractivity contribution >= 4 is 10.0 Å². The van der Waals surface area contributed by atoms with Gasteiger partial charge in [0.2, 0.25) is 10.0 Å². The maximum absolute atomic E-state index is 12.4. The fraction of sp³-hybridized carbons (Fsp3) is 0.571. The molecule has 1 saturated heterocycles. The van der Waals surface area contributed by atoms with E-state index in [-0.39, 0.29) is 0 Å². The molecular weight excluding hydrogens is 262 g/mol. The second-order valence-electron chi connectivity index (χ2n) is 4.89. The standard InChI is InChI=1S/C14H21NO3S/c1-3-12(2)13-4-6-14(7-5-13)19(16,17)15-8-10-18-11-9-15/h4-7,12H,3,8-11H2,1-2H3/t12-/m0/s1. The first kappa shape index (κ1) is 14.5. The summed E-state index contributed by atoms with van der Waals surface area (Å²) in [6.07, 6.45) is 1.05. The molecule has 1 fully saturated rings. The summed E-state index contributed by atoms with van der Waals surface area (Å²) in [6, 6.07) is 7.27. The quantitative estimate of drug-likeness (QED) is 0.851. The average Bonchev–Trinajstić information content (AvgIpc) is 2.47. The summed E-state index contributed by atoms with van der Waals surface area (Å²) in [5, 5.41) is 0. The first-order valence-corrected chi connectivity index (χ1v) is 8.17. The number of hydrogen-bond acceptors (Lipinski definition) is 3. The Labute approximate surface area is 115 Å². The van der Waals surface area contributed by atoms with Gasteiger partial charge in [-0.25, -0.2) is 8.42 Å². The van der Waals surface area contributed by atoms with Gasteiger partial charge in [0.1, 0.15) is 0 Å². The fourth-order valence-electron chi connectivity index (χ4n) is 2.14. The minimum atomic E-state index is -3.36. The highest BCUT2D eigenvalue weighted by Gasteiger charge is 2.26. The number of nitrogens with zero attached hydrogens (tertiary/aromatic N) is 1. The summed E-state index contributed by atoms with van der Waals surface area (Å²) >= 11 is 0. The van der Waals surface area contributed by atoms with Gasteiger partial charge < -0.3 is 4.74 Å². The Morgan fingerprint density at radius 2 is 1.79 bits per heavy atom. The molecule has 0 saturated carbocycles. The van der Waals surface area contributed by atoms with E-state index >= 15 is 0 Å². The van der Waals surface area contributed by atoms with Crippen LogP contribution in [0.3, 0.4) is 0 Å². The summed E-state index contributed by atoms with van der Waals surface area (Å²) in [7, 11) is -3.36. The highest BCUT2D eigenvalue weighted by atomic mass is 32.2. The zero-order chi connectivity index (χ0) is 13.9. The zero-order valence-electron chi connectivity index (χ0n) is 11.5. The number of rotatable bonds is 4. The number of sulfonamides is 1. The van der Waals surface area contributed by atoms with Crippen molar-refractivity contribution in [1.82, 2.24) is 4.31 Å². The van der Waals surface area contributed by atoms with Crippen LogP contribution in [0.1, 0.15) is 31.7 Å². The summed E-state index contributed by atoms with van der Waals surface area (Å²) in [5.41, 5.74) is 1.18. The van der Waals surface area contributed by atoms with Crippen molar-refractivity contribution in [2.45, 2.75) is 31.1 Å². The van der Waals surface area contributed by atoms with Crippen LogP contribution in [0.25, 0.3) is 0 Å². The van der Waals surface area contributed by atoms with Gasteiger partial charge >= 0.3 is 0 Å². The normalized spacial score (nSPS) is 19.3. The van der Waals surface area contributed by atoms with Crippen LogP contribution in [-0.2, 0) is 14.8 Å². The van der Waals surface area contributed by atoms with Gasteiger partial charge in [-0.3, -0.25) is 0 Å². The topological polar surface area (TPSA) is 46.6 Å². The SMILES string of the molecule is CC[C@H](C)c1ccc(S(=O)(=O)N2CCOCC2)cc1. The lowest BCUT2D eigenvalue weighted by Gasteiger charge is -2.26. The van der Waals surface area contributed by atoms with Crippen LogP contribution in [0.5, 0.6) is 0 Å². The minimum absolute atomic E-state index is 0.376. The van der Waals surface area contributed by atoms with Gasteiger partial charge in [-0.1, -0.05) is 26.0 Å². The Hall–Kier alpha value is -0.910. The van der Waals surface area contributed by atoms with Crippen LogP contribution in [0.4, 0.5) is 0 Å². The van der Waals surface area contributed by atoms with E-state index in [1.54, 1.807) is 12.1 Å². The summed E-state index contributed by atoms with van der Waals surface area (Å²) in [5.74, 6) is 0.458. The van der Waals surface area contributed by atoms with Crippen molar-refractivity contribution in [3.8, 4) is 0 Å². The van der Waals surface area contributed by atoms with Crippen LogP contribution in [0.2, 0.25) is 0 Å². The Morgan fingerprint density at radius 3 is 2.32 bits per heavy atom. The summed E-state index contributed by atoms with van der Waals surface area (Å²) < 4.78 is 31.5. The molecule has 0 radical (unpaired) electrons. The van der Waals surface area contributed by atoms with Crippen LogP contribution >= 0.6 is 0 Å². The van der Waals surface area contributed by atoms with E-state index < -0.39 is 10.0 Å². The van der Waals surface area contributed by atoms with E-state index in [9.17, 15) is 8.42 Å². The number of hydrogen-bond donors (Lipinski definition) is 0. The molecule has 0 amide bonds. The van der Waals surface area contributed by atoms with Crippen LogP contribution in [0, 0.1) is 0 Å². The van der Waals surface area contributed by atoms with Crippen LogP contribution < -0.4 is 0 Å². The molecule has 1 aromatic rings. The molecule has 0 bridgehead atoms. The highest BCUT2D eigenvalue weighted by molar-refractivity contribution is 7.89. The first-order valence-electron chi connectivity index (χ1n) is 6.73. The predicted octanol–water partition coefficient (Wildman–Crippen LogP) is 2.22. The maximum Gasteiger partial charge on any atom is 0.243 e. The molecule has 106 valence electrons. The van der Waals surface area contributed by atoms with Gasteiger partial charge in [-0.2, -0.15) is 4.31 Å². The van der Waals surface area contributed by atoms with Crippen LogP contribution in [0.15, 0.2) is 29.2 Å². The van der Waals surface area contributed by atoms with Crippen molar-refractivity contribution in [1.29, 1.82) is 0 Å². The van der Waals surface area contributed by atoms with Gasteiger partial charge in [-0.15, -0.1) is 0 Å². The lowest BCUT2D eigenvalue weighted by Crippen LogP contribution is -2.40. The van der Waals surface area contributed by atoms with Gasteiger partial charge in [-0.05, 0) is 30.0 Å². The molecule has 1 heterocycles. The molecule has 0 aromatic heterocycles. The van der Waals surface area contributed by atoms with Crippen molar-refractivity contribution in [3.63, 3.8) is 0 Å². The predicted molar refractivity (Wildman–Crippen MR) is 74.7 cm³/mol. The highest BCUT2D eigenvalue weighted by Crippen LogP contribution is 2.22. The zero-order valence-corrected chi connectivity index (χ0v) is 12.3. The van der Waals surface area contributed by atoms with E-state index in [1.807, 2.05) is 12.1 Å². The summed E-state index contributed by atoms with van der Waals surface area (Å²) in [4.78, 5) is 0.376. The van der Waals surface area contributed by atoms with Gasteiger partial charge in [0.05, 0.1) is 18.1 Å². The third-order valence-corrected chi connectivity index (χ3v) is 5.58. The fourth-order valence-corrected chi connectivity index (χ4v) is 3.55. The monoisotopic (exact) mass is 283 g/mol. The maximum atomic E-state index is 12.4. The number of benzene rings is 1. The Morgan fingerprint density at radius 1 is 1.21 bits per heavy atom. The van der Waals surface area contributed by atoms with E-state index in [0.29, 0.717) is 37.1 Å². The minimum Gasteiger partial charge on any atom is -0.379 e. The first-order chi connectivity index (χ1) is 9.05. The van der Waals surface area contributed by atoms with Crippen molar-refractivity contribution < 1.29 is 13.2 Å². The van der Waals surface area contributed by atoms with E-state index in [2.05, 4.69) is 13.8 Å². The Bertz CT molecular complexity index is 504. The molecule has 2 rings (SSSR count). The lowest BCUT2D eigenvalue weighted by molar-refractivity contribution is 0.0730. The van der Waals surface area contributed by atoms with Gasteiger partial charge in [0, 0.05) is 13.1 Å².